The minimum Gasteiger partial charge on any atom is -0.497 e. The number of hydrogen-bond donors (Lipinski definition) is 0. The first-order valence-electron chi connectivity index (χ1n) is 5.65. The van der Waals surface area contributed by atoms with E-state index in [0.29, 0.717) is 0 Å². The van der Waals surface area contributed by atoms with E-state index in [-0.39, 0.29) is 6.10 Å². The highest BCUT2D eigenvalue weighted by Crippen LogP contribution is 2.24. The Morgan fingerprint density at radius 2 is 1.59 bits per heavy atom. The Balaban J connectivity index is 2.10. The van der Waals surface area contributed by atoms with E-state index in [1.54, 1.807) is 7.11 Å². The van der Waals surface area contributed by atoms with Crippen molar-refractivity contribution in [1.82, 2.24) is 0 Å². The van der Waals surface area contributed by atoms with Gasteiger partial charge in [0.25, 0.3) is 0 Å². The number of methoxy groups -OCH3 is 1. The monoisotopic (exact) mass is 228 g/mol. The first-order valence-corrected chi connectivity index (χ1v) is 5.65. The third kappa shape index (κ3) is 3.00. The fourth-order valence-corrected chi connectivity index (χ4v) is 1.67. The normalized spacial score (nSPS) is 11.9. The second-order valence-electron chi connectivity index (χ2n) is 3.85. The van der Waals surface area contributed by atoms with Crippen LogP contribution in [0.5, 0.6) is 11.5 Å². The van der Waals surface area contributed by atoms with Gasteiger partial charge in [-0.2, -0.15) is 0 Å². The number of hydrogen-bond acceptors (Lipinski definition) is 2. The molecule has 0 N–H and O–H groups in total. The number of rotatable bonds is 4. The molecular formula is C15H16O2. The summed E-state index contributed by atoms with van der Waals surface area (Å²) in [5.41, 5.74) is 1.16. The summed E-state index contributed by atoms with van der Waals surface area (Å²) in [5.74, 6) is 1.63. The lowest BCUT2D eigenvalue weighted by Gasteiger charge is -2.15. The molecule has 0 unspecified atom stereocenters. The largest absolute Gasteiger partial charge is 0.497 e. The fraction of sp³-hybridized carbons (Fsp3) is 0.200. The van der Waals surface area contributed by atoms with Crippen LogP contribution in [0.1, 0.15) is 18.6 Å². The molecule has 0 amide bonds. The Morgan fingerprint density at radius 1 is 0.882 bits per heavy atom. The molecule has 0 radical (unpaired) electrons. The van der Waals surface area contributed by atoms with Gasteiger partial charge in [-0.3, -0.25) is 0 Å². The summed E-state index contributed by atoms with van der Waals surface area (Å²) in [6.45, 7) is 2.04. The molecule has 2 aromatic rings. The molecule has 0 fully saturated rings. The van der Waals surface area contributed by atoms with E-state index in [1.807, 2.05) is 49.4 Å². The average Bonchev–Trinajstić information content (AvgIpc) is 2.40. The molecule has 2 aromatic carbocycles. The lowest BCUT2D eigenvalue weighted by Crippen LogP contribution is -2.02. The van der Waals surface area contributed by atoms with Crippen LogP contribution in [0.2, 0.25) is 0 Å². The van der Waals surface area contributed by atoms with Crippen LogP contribution in [0, 0.1) is 0 Å². The number of ether oxygens (including phenoxy) is 2. The minimum absolute atomic E-state index is 0.0308. The van der Waals surface area contributed by atoms with Crippen LogP contribution in [-0.4, -0.2) is 7.11 Å². The molecule has 0 saturated carbocycles. The molecule has 17 heavy (non-hydrogen) atoms. The molecule has 0 aromatic heterocycles. The summed E-state index contributed by atoms with van der Waals surface area (Å²) in [5, 5.41) is 0. The van der Waals surface area contributed by atoms with Crippen molar-refractivity contribution in [2.24, 2.45) is 0 Å². The van der Waals surface area contributed by atoms with E-state index < -0.39 is 0 Å². The van der Waals surface area contributed by atoms with Gasteiger partial charge in [0.15, 0.2) is 0 Å². The molecule has 1 atom stereocenters. The van der Waals surface area contributed by atoms with E-state index in [4.69, 9.17) is 9.47 Å². The van der Waals surface area contributed by atoms with Crippen LogP contribution in [0.25, 0.3) is 0 Å². The molecule has 0 saturated heterocycles. The molecule has 0 aliphatic carbocycles. The average molecular weight is 228 g/mol. The summed E-state index contributed by atoms with van der Waals surface area (Å²) in [6.07, 6.45) is 0.0308. The fourth-order valence-electron chi connectivity index (χ4n) is 1.67. The summed E-state index contributed by atoms with van der Waals surface area (Å²) in [4.78, 5) is 0. The zero-order valence-corrected chi connectivity index (χ0v) is 10.1. The SMILES string of the molecule is COc1cccc(O[C@H](C)c2ccccc2)c1. The van der Waals surface area contributed by atoms with Crippen molar-refractivity contribution in [2.75, 3.05) is 7.11 Å². The van der Waals surface area contributed by atoms with Crippen molar-refractivity contribution in [3.63, 3.8) is 0 Å². The predicted octanol–water partition coefficient (Wildman–Crippen LogP) is 3.84. The highest BCUT2D eigenvalue weighted by Gasteiger charge is 2.06. The summed E-state index contributed by atoms with van der Waals surface area (Å²) in [7, 11) is 1.65. The molecule has 0 aliphatic rings. The van der Waals surface area contributed by atoms with Gasteiger partial charge in [0.05, 0.1) is 7.11 Å². The topological polar surface area (TPSA) is 18.5 Å². The van der Waals surface area contributed by atoms with Gasteiger partial charge in [0, 0.05) is 6.07 Å². The van der Waals surface area contributed by atoms with Gasteiger partial charge in [0.1, 0.15) is 17.6 Å². The van der Waals surface area contributed by atoms with Crippen molar-refractivity contribution in [2.45, 2.75) is 13.0 Å². The maximum Gasteiger partial charge on any atom is 0.123 e. The van der Waals surface area contributed by atoms with E-state index in [2.05, 4.69) is 12.1 Å². The van der Waals surface area contributed by atoms with Crippen LogP contribution in [0.3, 0.4) is 0 Å². The van der Waals surface area contributed by atoms with Gasteiger partial charge in [-0.05, 0) is 24.6 Å². The molecule has 0 spiro atoms. The summed E-state index contributed by atoms with van der Waals surface area (Å²) < 4.78 is 11.0. The third-order valence-corrected chi connectivity index (χ3v) is 2.62. The van der Waals surface area contributed by atoms with Gasteiger partial charge in [-0.1, -0.05) is 36.4 Å². The molecule has 2 nitrogen and oxygen atoms in total. The van der Waals surface area contributed by atoms with Crippen LogP contribution >= 0.6 is 0 Å². The van der Waals surface area contributed by atoms with Gasteiger partial charge in [-0.25, -0.2) is 0 Å². The van der Waals surface area contributed by atoms with E-state index >= 15 is 0 Å². The standard InChI is InChI=1S/C15H16O2/c1-12(13-7-4-3-5-8-13)17-15-10-6-9-14(11-15)16-2/h3-12H,1-2H3/t12-/m1/s1. The predicted molar refractivity (Wildman–Crippen MR) is 68.5 cm³/mol. The highest BCUT2D eigenvalue weighted by molar-refractivity contribution is 5.33. The van der Waals surface area contributed by atoms with E-state index in [0.717, 1.165) is 17.1 Å². The Morgan fingerprint density at radius 3 is 2.29 bits per heavy atom. The Kier molecular flexibility index (Phi) is 3.66. The molecule has 88 valence electrons. The minimum atomic E-state index is 0.0308. The lowest BCUT2D eigenvalue weighted by molar-refractivity contribution is 0.226. The van der Waals surface area contributed by atoms with Crippen molar-refractivity contribution >= 4 is 0 Å². The molecule has 0 bridgehead atoms. The van der Waals surface area contributed by atoms with Crippen molar-refractivity contribution in [1.29, 1.82) is 0 Å². The molecule has 2 heteroatoms. The van der Waals surface area contributed by atoms with Crippen molar-refractivity contribution in [3.05, 3.63) is 60.2 Å². The van der Waals surface area contributed by atoms with Crippen LogP contribution in [0.4, 0.5) is 0 Å². The first-order chi connectivity index (χ1) is 8.29. The third-order valence-electron chi connectivity index (χ3n) is 2.62. The van der Waals surface area contributed by atoms with E-state index in [9.17, 15) is 0 Å². The Bertz CT molecular complexity index is 465. The lowest BCUT2D eigenvalue weighted by atomic mass is 10.1. The molecular weight excluding hydrogens is 212 g/mol. The second kappa shape index (κ2) is 5.39. The molecule has 0 aliphatic heterocycles. The smallest absolute Gasteiger partial charge is 0.123 e. The zero-order chi connectivity index (χ0) is 12.1. The maximum atomic E-state index is 5.86. The first kappa shape index (κ1) is 11.5. The van der Waals surface area contributed by atoms with Gasteiger partial charge < -0.3 is 9.47 Å². The highest BCUT2D eigenvalue weighted by atomic mass is 16.5. The second-order valence-corrected chi connectivity index (χ2v) is 3.85. The van der Waals surface area contributed by atoms with Gasteiger partial charge in [-0.15, -0.1) is 0 Å². The summed E-state index contributed by atoms with van der Waals surface area (Å²) >= 11 is 0. The Hall–Kier alpha value is -1.96. The maximum absolute atomic E-state index is 5.86. The Labute approximate surface area is 102 Å². The van der Waals surface area contributed by atoms with E-state index in [1.165, 1.54) is 0 Å². The zero-order valence-electron chi connectivity index (χ0n) is 10.1. The molecule has 2 rings (SSSR count). The summed E-state index contributed by atoms with van der Waals surface area (Å²) in [6, 6.07) is 17.8. The van der Waals surface area contributed by atoms with Crippen molar-refractivity contribution < 1.29 is 9.47 Å². The van der Waals surface area contributed by atoms with Gasteiger partial charge in [0.2, 0.25) is 0 Å². The van der Waals surface area contributed by atoms with Crippen LogP contribution in [0.15, 0.2) is 54.6 Å². The van der Waals surface area contributed by atoms with Crippen LogP contribution < -0.4 is 9.47 Å². The van der Waals surface area contributed by atoms with Crippen LogP contribution in [-0.2, 0) is 0 Å². The van der Waals surface area contributed by atoms with Crippen molar-refractivity contribution in [3.8, 4) is 11.5 Å². The van der Waals surface area contributed by atoms with Gasteiger partial charge >= 0.3 is 0 Å². The quantitative estimate of drug-likeness (QED) is 0.791. The molecule has 0 heterocycles. The number of benzene rings is 2.